The highest BCUT2D eigenvalue weighted by Crippen LogP contribution is 2.35. The molecule has 0 unspecified atom stereocenters. The lowest BCUT2D eigenvalue weighted by molar-refractivity contribution is -0.131. The molecule has 8 nitrogen and oxygen atoms in total. The third-order valence-electron chi connectivity index (χ3n) is 4.09. The van der Waals surface area contributed by atoms with Crippen molar-refractivity contribution in [3.63, 3.8) is 0 Å². The maximum Gasteiger partial charge on any atom is 0.325 e. The first-order valence-corrected chi connectivity index (χ1v) is 8.47. The van der Waals surface area contributed by atoms with E-state index in [-0.39, 0.29) is 6.54 Å². The van der Waals surface area contributed by atoms with Gasteiger partial charge in [-0.1, -0.05) is 36.2 Å². The summed E-state index contributed by atoms with van der Waals surface area (Å²) in [6, 6.07) is 4.27. The normalized spacial score (nSPS) is 20.2. The first-order chi connectivity index (χ1) is 11.9. The van der Waals surface area contributed by atoms with Crippen LogP contribution in [-0.2, 0) is 23.4 Å². The largest absolute Gasteiger partial charge is 0.325 e. The third-order valence-corrected chi connectivity index (χ3v) is 4.63. The van der Waals surface area contributed by atoms with Crippen molar-refractivity contribution in [2.45, 2.75) is 38.9 Å². The van der Waals surface area contributed by atoms with Crippen molar-refractivity contribution >= 4 is 35.1 Å². The summed E-state index contributed by atoms with van der Waals surface area (Å²) in [7, 11) is 0. The van der Waals surface area contributed by atoms with Crippen LogP contribution in [0.25, 0.3) is 0 Å². The Morgan fingerprint density at radius 2 is 2.04 bits per heavy atom. The number of hydrogen-bond donors (Lipinski definition) is 1. The third kappa shape index (κ3) is 3.07. The minimum Gasteiger partial charge on any atom is -0.319 e. The number of nitrogens with one attached hydrogen (secondary N) is 1. The van der Waals surface area contributed by atoms with Gasteiger partial charge in [0, 0.05) is 22.2 Å². The monoisotopic (exact) mass is 382 g/mol. The lowest BCUT2D eigenvalue weighted by atomic mass is 9.92. The van der Waals surface area contributed by atoms with Crippen molar-refractivity contribution < 1.29 is 9.59 Å². The Balaban J connectivity index is 1.90. The van der Waals surface area contributed by atoms with Crippen molar-refractivity contribution in [2.75, 3.05) is 0 Å². The molecule has 1 aliphatic heterocycles. The quantitative estimate of drug-likeness (QED) is 0.801. The molecule has 1 atom stereocenters. The number of nitrogens with zero attached hydrogens (tertiary/aromatic N) is 5. The highest BCUT2D eigenvalue weighted by Gasteiger charge is 2.50. The number of rotatable bonds is 5. The van der Waals surface area contributed by atoms with E-state index in [1.165, 1.54) is 6.07 Å². The number of amides is 3. The zero-order valence-electron chi connectivity index (χ0n) is 13.7. The molecule has 1 aromatic carbocycles. The van der Waals surface area contributed by atoms with Crippen molar-refractivity contribution in [3.8, 4) is 0 Å². The van der Waals surface area contributed by atoms with E-state index in [0.29, 0.717) is 28.0 Å². The molecule has 0 radical (unpaired) electrons. The first-order valence-electron chi connectivity index (χ1n) is 7.71. The molecule has 1 N–H and O–H groups in total. The van der Waals surface area contributed by atoms with Gasteiger partial charge in [-0.2, -0.15) is 0 Å². The Bertz CT molecular complexity index is 839. The molecule has 2 aromatic rings. The molecule has 10 heteroatoms. The molecule has 1 aliphatic rings. The highest BCUT2D eigenvalue weighted by molar-refractivity contribution is 6.35. The van der Waals surface area contributed by atoms with Gasteiger partial charge >= 0.3 is 6.03 Å². The lowest BCUT2D eigenvalue weighted by Crippen LogP contribution is -2.41. The van der Waals surface area contributed by atoms with Crippen LogP contribution in [0.1, 0.15) is 31.7 Å². The second kappa shape index (κ2) is 6.61. The van der Waals surface area contributed by atoms with Gasteiger partial charge in [0.2, 0.25) is 0 Å². The fourth-order valence-electron chi connectivity index (χ4n) is 2.78. The lowest BCUT2D eigenvalue weighted by Gasteiger charge is -2.23. The molecule has 1 aromatic heterocycles. The summed E-state index contributed by atoms with van der Waals surface area (Å²) in [4.78, 5) is 26.4. The van der Waals surface area contributed by atoms with E-state index in [9.17, 15) is 9.59 Å². The summed E-state index contributed by atoms with van der Waals surface area (Å²) in [6.45, 7) is 4.18. The zero-order valence-corrected chi connectivity index (χ0v) is 15.2. The number of tetrazole rings is 1. The standard InChI is InChI=1S/C15H16Cl2N6O2/c1-3-6-23-12(19-20-21-23)8-22-13(24)15(2,18-14(22)25)10-5-4-9(16)7-11(10)17/h4-5,7H,3,6,8H2,1-2H3,(H,18,25)/t15-/m0/s1. The van der Waals surface area contributed by atoms with Crippen molar-refractivity contribution in [1.29, 1.82) is 0 Å². The number of benzene rings is 1. The van der Waals surface area contributed by atoms with E-state index in [4.69, 9.17) is 23.2 Å². The SMILES string of the molecule is CCCn1nnnc1CN1C(=O)N[C@@](C)(c2ccc(Cl)cc2Cl)C1=O. The minimum absolute atomic E-state index is 0.0154. The number of urea groups is 1. The van der Waals surface area contributed by atoms with Crippen LogP contribution >= 0.6 is 23.2 Å². The zero-order chi connectivity index (χ0) is 18.2. The first kappa shape index (κ1) is 17.6. The number of carbonyl (C=O) groups excluding carboxylic acids is 2. The van der Waals surface area contributed by atoms with Crippen LogP contribution in [0.2, 0.25) is 10.0 Å². The van der Waals surface area contributed by atoms with Crippen molar-refractivity contribution in [1.82, 2.24) is 30.4 Å². The molecular weight excluding hydrogens is 367 g/mol. The average Bonchev–Trinajstić information content (AvgIpc) is 3.06. The summed E-state index contributed by atoms with van der Waals surface area (Å²) in [5, 5.41) is 14.8. The van der Waals surface area contributed by atoms with Crippen LogP contribution in [0.4, 0.5) is 4.79 Å². The van der Waals surface area contributed by atoms with E-state index in [2.05, 4.69) is 20.8 Å². The Hall–Kier alpha value is -2.19. The van der Waals surface area contributed by atoms with Gasteiger partial charge in [0.1, 0.15) is 5.54 Å². The number of hydrogen-bond acceptors (Lipinski definition) is 5. The van der Waals surface area contributed by atoms with Crippen molar-refractivity contribution in [2.24, 2.45) is 0 Å². The summed E-state index contributed by atoms with van der Waals surface area (Å²) in [5.41, 5.74) is -0.797. The van der Waals surface area contributed by atoms with Gasteiger partial charge in [0.25, 0.3) is 5.91 Å². The number of halogens is 2. The predicted octanol–water partition coefficient (Wildman–Crippen LogP) is 2.36. The molecule has 2 heterocycles. The number of imide groups is 1. The minimum atomic E-state index is -1.28. The van der Waals surface area contributed by atoms with Crippen LogP contribution in [0, 0.1) is 0 Å². The smallest absolute Gasteiger partial charge is 0.319 e. The van der Waals surface area contributed by atoms with E-state index >= 15 is 0 Å². The van der Waals surface area contributed by atoms with Gasteiger partial charge < -0.3 is 5.32 Å². The van der Waals surface area contributed by atoms with E-state index < -0.39 is 17.5 Å². The van der Waals surface area contributed by atoms with Gasteiger partial charge in [0.05, 0.1) is 6.54 Å². The summed E-state index contributed by atoms with van der Waals surface area (Å²) >= 11 is 12.1. The van der Waals surface area contributed by atoms with Gasteiger partial charge in [-0.05, 0) is 35.9 Å². The van der Waals surface area contributed by atoms with Crippen LogP contribution in [-0.4, -0.2) is 37.0 Å². The molecule has 0 spiro atoms. The Morgan fingerprint density at radius 1 is 1.28 bits per heavy atom. The second-order valence-electron chi connectivity index (χ2n) is 5.89. The van der Waals surface area contributed by atoms with Gasteiger partial charge in [-0.15, -0.1) is 5.10 Å². The maximum atomic E-state index is 12.9. The van der Waals surface area contributed by atoms with E-state index in [1.54, 1.807) is 23.7 Å². The Morgan fingerprint density at radius 3 is 2.72 bits per heavy atom. The summed E-state index contributed by atoms with van der Waals surface area (Å²) in [5.74, 6) is 0.0181. The van der Waals surface area contributed by atoms with Gasteiger partial charge in [-0.3, -0.25) is 9.69 Å². The Kier molecular flexibility index (Phi) is 4.66. The van der Waals surface area contributed by atoms with Crippen LogP contribution < -0.4 is 5.32 Å². The predicted molar refractivity (Wildman–Crippen MR) is 91.0 cm³/mol. The summed E-state index contributed by atoms with van der Waals surface area (Å²) < 4.78 is 1.57. The Labute approximate surface area is 154 Å². The molecule has 0 bridgehead atoms. The molecule has 3 rings (SSSR count). The average molecular weight is 383 g/mol. The molecular formula is C15H16Cl2N6O2. The van der Waals surface area contributed by atoms with E-state index in [0.717, 1.165) is 11.3 Å². The number of aryl methyl sites for hydroxylation is 1. The van der Waals surface area contributed by atoms with E-state index in [1.807, 2.05) is 6.92 Å². The van der Waals surface area contributed by atoms with Crippen LogP contribution in [0.3, 0.4) is 0 Å². The number of carbonyl (C=O) groups is 2. The summed E-state index contributed by atoms with van der Waals surface area (Å²) in [6.07, 6.45) is 0.830. The fraction of sp³-hybridized carbons (Fsp3) is 0.400. The molecule has 1 fully saturated rings. The van der Waals surface area contributed by atoms with Crippen LogP contribution in [0.5, 0.6) is 0 Å². The molecule has 1 saturated heterocycles. The maximum absolute atomic E-state index is 12.9. The van der Waals surface area contributed by atoms with Crippen molar-refractivity contribution in [3.05, 3.63) is 39.6 Å². The number of aromatic nitrogens is 4. The molecule has 0 aliphatic carbocycles. The second-order valence-corrected chi connectivity index (χ2v) is 6.73. The molecule has 25 heavy (non-hydrogen) atoms. The van der Waals surface area contributed by atoms with Gasteiger partial charge in [0.15, 0.2) is 5.82 Å². The molecule has 132 valence electrons. The molecule has 0 saturated carbocycles. The highest BCUT2D eigenvalue weighted by atomic mass is 35.5. The molecule has 3 amide bonds. The van der Waals surface area contributed by atoms with Crippen LogP contribution in [0.15, 0.2) is 18.2 Å². The van der Waals surface area contributed by atoms with Gasteiger partial charge in [-0.25, -0.2) is 9.48 Å². The topological polar surface area (TPSA) is 93.0 Å². The fourth-order valence-corrected chi connectivity index (χ4v) is 3.38.